The monoisotopic (exact) mass is 468 g/mol. The molecule has 0 radical (unpaired) electrons. The minimum Gasteiger partial charge on any atom is -0.455 e. The summed E-state index contributed by atoms with van der Waals surface area (Å²) in [5.41, 5.74) is 3.77. The molecule has 3 N–H and O–H groups in total. The molecule has 1 aliphatic carbocycles. The van der Waals surface area contributed by atoms with Crippen LogP contribution in [-0.2, 0) is 14.8 Å². The molecule has 0 spiro atoms. The standard InChI is InChI=1S/C23H21FN4O4S/c1-33(30,31)28-20(29)12-27-18-11-19-17(10-16(18)13-2-3-13)21(23-25-8-9-26-23)22(32-19)14-4-6-15(24)7-5-14/h4-11,13,27H,2-3,12H2,1H3,(H,25,26)(H,28,29). The molecule has 1 amide bonds. The molecule has 2 heterocycles. The van der Waals surface area contributed by atoms with Crippen LogP contribution in [0.15, 0.2) is 53.2 Å². The first-order chi connectivity index (χ1) is 15.8. The molecular formula is C23H21FN4O4S. The second kappa shape index (κ2) is 8.04. The number of furan rings is 1. The minimum absolute atomic E-state index is 0.200. The van der Waals surface area contributed by atoms with Gasteiger partial charge in [-0.1, -0.05) is 0 Å². The average Bonchev–Trinajstić information content (AvgIpc) is 3.32. The van der Waals surface area contributed by atoms with Crippen molar-refractivity contribution in [3.63, 3.8) is 0 Å². The number of nitrogens with one attached hydrogen (secondary N) is 3. The van der Waals surface area contributed by atoms with E-state index in [1.165, 1.54) is 12.1 Å². The molecule has 0 unspecified atom stereocenters. The highest BCUT2D eigenvalue weighted by atomic mass is 32.2. The van der Waals surface area contributed by atoms with E-state index >= 15 is 0 Å². The molecule has 8 nitrogen and oxygen atoms in total. The Bertz CT molecular complexity index is 1440. The van der Waals surface area contributed by atoms with E-state index in [1.54, 1.807) is 24.5 Å². The number of amides is 1. The van der Waals surface area contributed by atoms with Crippen LogP contribution in [0.3, 0.4) is 0 Å². The van der Waals surface area contributed by atoms with Crippen LogP contribution in [0.4, 0.5) is 10.1 Å². The van der Waals surface area contributed by atoms with Crippen molar-refractivity contribution in [2.24, 2.45) is 0 Å². The number of nitrogens with zero attached hydrogens (tertiary/aromatic N) is 1. The molecule has 1 aliphatic rings. The van der Waals surface area contributed by atoms with Crippen LogP contribution in [0, 0.1) is 5.82 Å². The zero-order valence-electron chi connectivity index (χ0n) is 17.7. The van der Waals surface area contributed by atoms with Crippen molar-refractivity contribution in [3.8, 4) is 22.7 Å². The Hall–Kier alpha value is -3.66. The summed E-state index contributed by atoms with van der Waals surface area (Å²) in [6.07, 6.45) is 6.35. The number of sulfonamides is 1. The second-order valence-corrected chi connectivity index (χ2v) is 9.86. The SMILES string of the molecule is CS(=O)(=O)NC(=O)CNc1cc2oc(-c3ccc(F)cc3)c(-c3ncc[nH]3)c2cc1C1CC1. The fourth-order valence-electron chi connectivity index (χ4n) is 3.90. The summed E-state index contributed by atoms with van der Waals surface area (Å²) in [5, 5.41) is 3.90. The number of aromatic nitrogens is 2. The number of halogens is 1. The van der Waals surface area contributed by atoms with E-state index in [9.17, 15) is 17.6 Å². The molecule has 33 heavy (non-hydrogen) atoms. The normalized spacial score (nSPS) is 13.9. The number of H-pyrrole nitrogens is 1. The van der Waals surface area contributed by atoms with Crippen molar-refractivity contribution in [1.29, 1.82) is 0 Å². The summed E-state index contributed by atoms with van der Waals surface area (Å²) >= 11 is 0. The molecule has 1 fully saturated rings. The molecule has 0 aliphatic heterocycles. The number of fused-ring (bicyclic) bond motifs is 1. The maximum Gasteiger partial charge on any atom is 0.252 e. The van der Waals surface area contributed by atoms with Crippen molar-refractivity contribution >= 4 is 32.6 Å². The Kier molecular flexibility index (Phi) is 5.16. The lowest BCUT2D eigenvalue weighted by molar-refractivity contribution is -0.117. The number of hydrogen-bond donors (Lipinski definition) is 3. The zero-order chi connectivity index (χ0) is 23.2. The molecule has 170 valence electrons. The number of aromatic amines is 1. The van der Waals surface area contributed by atoms with Gasteiger partial charge in [0.25, 0.3) is 5.91 Å². The van der Waals surface area contributed by atoms with Crippen molar-refractivity contribution < 1.29 is 22.0 Å². The molecular weight excluding hydrogens is 447 g/mol. The lowest BCUT2D eigenvalue weighted by atomic mass is 10.0. The molecule has 0 atom stereocenters. The molecule has 2 aromatic heterocycles. The van der Waals surface area contributed by atoms with E-state index in [2.05, 4.69) is 15.3 Å². The second-order valence-electron chi connectivity index (χ2n) is 8.11. The highest BCUT2D eigenvalue weighted by Crippen LogP contribution is 2.48. The van der Waals surface area contributed by atoms with Crippen LogP contribution in [0.5, 0.6) is 0 Å². The van der Waals surface area contributed by atoms with Gasteiger partial charge in [-0.25, -0.2) is 17.8 Å². The van der Waals surface area contributed by atoms with E-state index in [1.807, 2.05) is 16.9 Å². The first kappa shape index (κ1) is 21.2. The highest BCUT2D eigenvalue weighted by Gasteiger charge is 2.29. The fraction of sp³-hybridized carbons (Fsp3) is 0.217. The van der Waals surface area contributed by atoms with Crippen LogP contribution in [0.1, 0.15) is 24.3 Å². The smallest absolute Gasteiger partial charge is 0.252 e. The van der Waals surface area contributed by atoms with Crippen molar-refractivity contribution in [1.82, 2.24) is 14.7 Å². The van der Waals surface area contributed by atoms with Gasteiger partial charge in [-0.2, -0.15) is 0 Å². The summed E-state index contributed by atoms with van der Waals surface area (Å²) < 4.78 is 44.3. The number of rotatable bonds is 7. The Morgan fingerprint density at radius 1 is 1.24 bits per heavy atom. The number of carbonyl (C=O) groups excluding carboxylic acids is 1. The number of anilines is 1. The number of imidazole rings is 1. The van der Waals surface area contributed by atoms with Gasteiger partial charge in [0.15, 0.2) is 0 Å². The Morgan fingerprint density at radius 3 is 2.64 bits per heavy atom. The van der Waals surface area contributed by atoms with E-state index in [0.29, 0.717) is 34.3 Å². The van der Waals surface area contributed by atoms with Gasteiger partial charge in [-0.15, -0.1) is 0 Å². The summed E-state index contributed by atoms with van der Waals surface area (Å²) in [5.74, 6) is 0.520. The average molecular weight is 469 g/mol. The molecule has 0 bridgehead atoms. The van der Waals surface area contributed by atoms with Gasteiger partial charge in [-0.3, -0.25) is 9.52 Å². The Labute approximate surface area is 189 Å². The van der Waals surface area contributed by atoms with Crippen molar-refractivity contribution in [2.45, 2.75) is 18.8 Å². The van der Waals surface area contributed by atoms with Crippen LogP contribution in [-0.4, -0.2) is 37.1 Å². The summed E-state index contributed by atoms with van der Waals surface area (Å²) in [6, 6.07) is 9.88. The number of hydrogen-bond acceptors (Lipinski definition) is 6. The Morgan fingerprint density at radius 2 is 2.00 bits per heavy atom. The fourth-order valence-corrected chi connectivity index (χ4v) is 4.39. The van der Waals surface area contributed by atoms with Gasteiger partial charge in [0.2, 0.25) is 10.0 Å². The van der Waals surface area contributed by atoms with E-state index in [0.717, 1.165) is 35.6 Å². The van der Waals surface area contributed by atoms with Gasteiger partial charge in [-0.05, 0) is 54.7 Å². The molecule has 1 saturated carbocycles. The van der Waals surface area contributed by atoms with Gasteiger partial charge in [0.05, 0.1) is 18.4 Å². The highest BCUT2D eigenvalue weighted by molar-refractivity contribution is 7.89. The van der Waals surface area contributed by atoms with E-state index in [-0.39, 0.29) is 12.4 Å². The van der Waals surface area contributed by atoms with Crippen LogP contribution in [0.2, 0.25) is 0 Å². The van der Waals surface area contributed by atoms with Gasteiger partial charge >= 0.3 is 0 Å². The largest absolute Gasteiger partial charge is 0.455 e. The van der Waals surface area contributed by atoms with Crippen molar-refractivity contribution in [2.75, 3.05) is 18.1 Å². The van der Waals surface area contributed by atoms with Crippen LogP contribution < -0.4 is 10.0 Å². The predicted molar refractivity (Wildman–Crippen MR) is 123 cm³/mol. The summed E-state index contributed by atoms with van der Waals surface area (Å²) in [6.45, 7) is -0.200. The molecule has 0 saturated heterocycles. The third kappa shape index (κ3) is 4.47. The Balaban J connectivity index is 1.60. The van der Waals surface area contributed by atoms with Crippen molar-refractivity contribution in [3.05, 3.63) is 60.2 Å². The summed E-state index contributed by atoms with van der Waals surface area (Å²) in [4.78, 5) is 19.5. The van der Waals surface area contributed by atoms with E-state index in [4.69, 9.17) is 4.42 Å². The topological polar surface area (TPSA) is 117 Å². The molecule has 2 aromatic carbocycles. The molecule has 5 rings (SSSR count). The zero-order valence-corrected chi connectivity index (χ0v) is 18.5. The number of benzene rings is 2. The van der Waals surface area contributed by atoms with Gasteiger partial charge in [0.1, 0.15) is 23.0 Å². The van der Waals surface area contributed by atoms with Crippen LogP contribution in [0.25, 0.3) is 33.7 Å². The quantitative estimate of drug-likeness (QED) is 0.378. The third-order valence-corrected chi connectivity index (χ3v) is 6.06. The minimum atomic E-state index is -3.63. The first-order valence-corrected chi connectivity index (χ1v) is 12.3. The maximum absolute atomic E-state index is 13.5. The lowest BCUT2D eigenvalue weighted by Crippen LogP contribution is -2.34. The molecule has 4 aromatic rings. The number of carbonyl (C=O) groups is 1. The summed E-state index contributed by atoms with van der Waals surface area (Å²) in [7, 11) is -3.63. The van der Waals surface area contributed by atoms with Gasteiger partial charge in [0, 0.05) is 35.1 Å². The van der Waals surface area contributed by atoms with E-state index < -0.39 is 15.9 Å². The first-order valence-electron chi connectivity index (χ1n) is 10.4. The predicted octanol–water partition coefficient (Wildman–Crippen LogP) is 3.99. The van der Waals surface area contributed by atoms with Crippen LogP contribution >= 0.6 is 0 Å². The van der Waals surface area contributed by atoms with Gasteiger partial charge < -0.3 is 14.7 Å². The lowest BCUT2D eigenvalue weighted by Gasteiger charge is -2.12. The molecule has 10 heteroatoms. The third-order valence-electron chi connectivity index (χ3n) is 5.46. The maximum atomic E-state index is 13.5.